The molecular formula is C17H27N3O3S. The normalized spacial score (nSPS) is 18.1. The molecule has 0 spiro atoms. The van der Waals surface area contributed by atoms with Crippen molar-refractivity contribution >= 4 is 15.9 Å². The lowest BCUT2D eigenvalue weighted by Gasteiger charge is -2.25. The van der Waals surface area contributed by atoms with Gasteiger partial charge < -0.3 is 10.2 Å². The quantitative estimate of drug-likeness (QED) is 0.841. The minimum Gasteiger partial charge on any atom is -0.337 e. The molecule has 1 heterocycles. The van der Waals surface area contributed by atoms with Crippen LogP contribution in [0.3, 0.4) is 0 Å². The first-order chi connectivity index (χ1) is 11.3. The molecule has 1 aromatic carbocycles. The highest BCUT2D eigenvalue weighted by atomic mass is 32.2. The first-order valence-electron chi connectivity index (χ1n) is 8.41. The molecule has 1 amide bonds. The van der Waals surface area contributed by atoms with Crippen molar-refractivity contribution in [2.24, 2.45) is 0 Å². The summed E-state index contributed by atoms with van der Waals surface area (Å²) in [6.45, 7) is 7.87. The lowest BCUT2D eigenvalue weighted by atomic mass is 10.1. The van der Waals surface area contributed by atoms with E-state index >= 15 is 0 Å². The van der Waals surface area contributed by atoms with Crippen LogP contribution in [0, 0.1) is 6.92 Å². The number of nitrogens with one attached hydrogen (secondary N) is 1. The number of likely N-dealkylation sites (N-methyl/N-ethyl adjacent to an activating group) is 1. The Morgan fingerprint density at radius 3 is 2.50 bits per heavy atom. The summed E-state index contributed by atoms with van der Waals surface area (Å²) >= 11 is 0. The zero-order chi connectivity index (χ0) is 17.9. The molecule has 1 N–H and O–H groups in total. The molecule has 0 saturated carbocycles. The van der Waals surface area contributed by atoms with Crippen molar-refractivity contribution in [2.75, 3.05) is 33.2 Å². The number of amides is 1. The summed E-state index contributed by atoms with van der Waals surface area (Å²) < 4.78 is 27.0. The van der Waals surface area contributed by atoms with Gasteiger partial charge in [0, 0.05) is 38.3 Å². The largest absolute Gasteiger partial charge is 0.337 e. The van der Waals surface area contributed by atoms with Gasteiger partial charge in [-0.05, 0) is 37.6 Å². The molecule has 1 aromatic rings. The third-order valence-electron chi connectivity index (χ3n) is 4.66. The Kier molecular flexibility index (Phi) is 6.01. The van der Waals surface area contributed by atoms with E-state index in [0.29, 0.717) is 24.2 Å². The van der Waals surface area contributed by atoms with Crippen LogP contribution in [0.15, 0.2) is 23.1 Å². The highest BCUT2D eigenvalue weighted by molar-refractivity contribution is 7.89. The van der Waals surface area contributed by atoms with E-state index in [-0.39, 0.29) is 16.8 Å². The monoisotopic (exact) mass is 353 g/mol. The number of benzene rings is 1. The molecule has 1 aliphatic rings. The Balaban J connectivity index is 2.36. The average Bonchev–Trinajstić information content (AvgIpc) is 3.09. The minimum absolute atomic E-state index is 0.139. The fourth-order valence-electron chi connectivity index (χ4n) is 3.05. The Bertz CT molecular complexity index is 693. The second-order valence-corrected chi connectivity index (χ2v) is 8.04. The molecule has 1 saturated heterocycles. The van der Waals surface area contributed by atoms with Crippen molar-refractivity contribution in [3.63, 3.8) is 0 Å². The Morgan fingerprint density at radius 1 is 1.29 bits per heavy atom. The second-order valence-electron chi connectivity index (χ2n) is 6.13. The number of nitrogens with zero attached hydrogens (tertiary/aromatic N) is 2. The lowest BCUT2D eigenvalue weighted by Crippen LogP contribution is -2.38. The molecule has 134 valence electrons. The lowest BCUT2D eigenvalue weighted by molar-refractivity contribution is 0.0743. The van der Waals surface area contributed by atoms with E-state index in [2.05, 4.69) is 5.32 Å². The predicted octanol–water partition coefficient (Wildman–Crippen LogP) is 1.46. The van der Waals surface area contributed by atoms with Crippen LogP contribution in [0.25, 0.3) is 0 Å². The first kappa shape index (κ1) is 18.9. The van der Waals surface area contributed by atoms with Crippen molar-refractivity contribution in [3.05, 3.63) is 29.3 Å². The van der Waals surface area contributed by atoms with Crippen LogP contribution < -0.4 is 5.32 Å². The summed E-state index contributed by atoms with van der Waals surface area (Å²) in [5.41, 5.74) is 1.07. The van der Waals surface area contributed by atoms with E-state index in [9.17, 15) is 13.2 Å². The van der Waals surface area contributed by atoms with E-state index in [1.54, 1.807) is 31.0 Å². The van der Waals surface area contributed by atoms with Gasteiger partial charge in [0.05, 0.1) is 4.90 Å². The zero-order valence-electron chi connectivity index (χ0n) is 14.9. The van der Waals surface area contributed by atoms with Gasteiger partial charge in [0.1, 0.15) is 0 Å². The molecule has 1 unspecified atom stereocenters. The zero-order valence-corrected chi connectivity index (χ0v) is 15.7. The van der Waals surface area contributed by atoms with E-state index in [4.69, 9.17) is 0 Å². The number of rotatable bonds is 6. The molecule has 24 heavy (non-hydrogen) atoms. The number of hydrogen-bond donors (Lipinski definition) is 1. The van der Waals surface area contributed by atoms with Gasteiger partial charge in [-0.1, -0.05) is 19.9 Å². The van der Waals surface area contributed by atoms with Crippen molar-refractivity contribution < 1.29 is 13.2 Å². The number of aryl methyl sites for hydroxylation is 1. The maximum atomic E-state index is 12.8. The van der Waals surface area contributed by atoms with Gasteiger partial charge in [-0.15, -0.1) is 0 Å². The molecule has 2 rings (SSSR count). The number of sulfonamides is 1. The first-order valence-corrected chi connectivity index (χ1v) is 9.85. The predicted molar refractivity (Wildman–Crippen MR) is 94.7 cm³/mol. The highest BCUT2D eigenvalue weighted by Gasteiger charge is 2.27. The fraction of sp³-hybridized carbons (Fsp3) is 0.588. The standard InChI is InChI=1S/C17H27N3O3S/c1-5-20(6-2)24(22,23)16-11-14(8-7-13(16)3)17(21)19(4)15-9-10-18-12-15/h7-8,11,15,18H,5-6,9-10,12H2,1-4H3. The van der Waals surface area contributed by atoms with Crippen LogP contribution in [0.4, 0.5) is 0 Å². The second kappa shape index (κ2) is 7.63. The SMILES string of the molecule is CCN(CC)S(=O)(=O)c1cc(C(=O)N(C)C2CCNC2)ccc1C. The van der Waals surface area contributed by atoms with Gasteiger partial charge in [0.2, 0.25) is 10.0 Å². The van der Waals surface area contributed by atoms with Gasteiger partial charge in [-0.3, -0.25) is 4.79 Å². The topological polar surface area (TPSA) is 69.7 Å². The molecule has 6 nitrogen and oxygen atoms in total. The van der Waals surface area contributed by atoms with Crippen molar-refractivity contribution in [1.82, 2.24) is 14.5 Å². The van der Waals surface area contributed by atoms with E-state index in [1.807, 2.05) is 13.8 Å². The van der Waals surface area contributed by atoms with Crippen molar-refractivity contribution in [2.45, 2.75) is 38.1 Å². The summed E-state index contributed by atoms with van der Waals surface area (Å²) in [5.74, 6) is -0.139. The van der Waals surface area contributed by atoms with Gasteiger partial charge >= 0.3 is 0 Å². The van der Waals surface area contributed by atoms with Crippen LogP contribution in [0.5, 0.6) is 0 Å². The summed E-state index contributed by atoms with van der Waals surface area (Å²) in [7, 11) is -1.81. The van der Waals surface area contributed by atoms with Crippen LogP contribution >= 0.6 is 0 Å². The highest BCUT2D eigenvalue weighted by Crippen LogP contribution is 2.22. The van der Waals surface area contributed by atoms with Crippen LogP contribution in [0.2, 0.25) is 0 Å². The van der Waals surface area contributed by atoms with Crippen molar-refractivity contribution in [1.29, 1.82) is 0 Å². The Labute approximate surface area is 144 Å². The van der Waals surface area contributed by atoms with E-state index in [1.165, 1.54) is 10.4 Å². The Hall–Kier alpha value is -1.44. The number of hydrogen-bond acceptors (Lipinski definition) is 4. The van der Waals surface area contributed by atoms with E-state index in [0.717, 1.165) is 19.5 Å². The maximum absolute atomic E-state index is 12.8. The summed E-state index contributed by atoms with van der Waals surface area (Å²) in [5, 5.41) is 3.24. The number of carbonyl (C=O) groups is 1. The van der Waals surface area contributed by atoms with Gasteiger partial charge in [0.25, 0.3) is 5.91 Å². The molecule has 0 aromatic heterocycles. The molecular weight excluding hydrogens is 326 g/mol. The Morgan fingerprint density at radius 2 is 1.96 bits per heavy atom. The molecule has 7 heteroatoms. The number of carbonyl (C=O) groups excluding carboxylic acids is 1. The minimum atomic E-state index is -3.58. The van der Waals surface area contributed by atoms with Gasteiger partial charge in [-0.25, -0.2) is 8.42 Å². The molecule has 0 bridgehead atoms. The third kappa shape index (κ3) is 3.63. The molecule has 1 fully saturated rings. The van der Waals surface area contributed by atoms with Gasteiger partial charge in [-0.2, -0.15) is 4.31 Å². The van der Waals surface area contributed by atoms with E-state index < -0.39 is 10.0 Å². The molecule has 0 radical (unpaired) electrons. The van der Waals surface area contributed by atoms with Gasteiger partial charge in [0.15, 0.2) is 0 Å². The van der Waals surface area contributed by atoms with Crippen LogP contribution in [-0.4, -0.2) is 62.8 Å². The molecule has 1 atom stereocenters. The summed E-state index contributed by atoms with van der Waals surface area (Å²) in [6, 6.07) is 5.09. The summed E-state index contributed by atoms with van der Waals surface area (Å²) in [4.78, 5) is 14.6. The van der Waals surface area contributed by atoms with Crippen molar-refractivity contribution in [3.8, 4) is 0 Å². The smallest absolute Gasteiger partial charge is 0.253 e. The average molecular weight is 353 g/mol. The third-order valence-corrected chi connectivity index (χ3v) is 6.85. The molecule has 1 aliphatic heterocycles. The molecule has 0 aliphatic carbocycles. The van der Waals surface area contributed by atoms with Crippen LogP contribution in [-0.2, 0) is 10.0 Å². The maximum Gasteiger partial charge on any atom is 0.253 e. The summed E-state index contributed by atoms with van der Waals surface area (Å²) in [6.07, 6.45) is 0.915. The fourth-order valence-corrected chi connectivity index (χ4v) is 4.76. The van der Waals surface area contributed by atoms with Crippen LogP contribution in [0.1, 0.15) is 36.2 Å².